The highest BCUT2D eigenvalue weighted by Gasteiger charge is 2.20. The van der Waals surface area contributed by atoms with Crippen molar-refractivity contribution in [3.63, 3.8) is 0 Å². The normalized spacial score (nSPS) is 15.9. The highest BCUT2D eigenvalue weighted by molar-refractivity contribution is 7.89. The van der Waals surface area contributed by atoms with E-state index in [1.165, 1.54) is 24.3 Å². The topological polar surface area (TPSA) is 52.7 Å². The van der Waals surface area contributed by atoms with Gasteiger partial charge in [0.2, 0.25) is 10.0 Å². The second kappa shape index (κ2) is 8.33. The lowest BCUT2D eigenvalue weighted by molar-refractivity contribution is 0.262. The summed E-state index contributed by atoms with van der Waals surface area (Å²) in [6, 6.07) is 10.2. The Kier molecular flexibility index (Phi) is 6.08. The molecule has 8 heteroatoms. The molecule has 27 heavy (non-hydrogen) atoms. The van der Waals surface area contributed by atoms with E-state index in [9.17, 15) is 17.2 Å². The van der Waals surface area contributed by atoms with Gasteiger partial charge in [0.1, 0.15) is 11.6 Å². The predicted molar refractivity (Wildman–Crippen MR) is 101 cm³/mol. The third-order valence-electron chi connectivity index (χ3n) is 4.72. The SMILES string of the molecule is Cc1ccc(F)cc1S(=O)(=O)NCCN1CCN(c2ccc(F)cc2)CC1. The lowest BCUT2D eigenvalue weighted by atomic mass is 10.2. The Hall–Kier alpha value is -2.03. The van der Waals surface area contributed by atoms with Crippen molar-refractivity contribution in [2.75, 3.05) is 44.2 Å². The molecular weight excluding hydrogens is 372 g/mol. The maximum absolute atomic E-state index is 13.4. The van der Waals surface area contributed by atoms with Crippen LogP contribution in [0.25, 0.3) is 0 Å². The van der Waals surface area contributed by atoms with Gasteiger partial charge in [-0.3, -0.25) is 4.90 Å². The number of nitrogens with one attached hydrogen (secondary N) is 1. The van der Waals surface area contributed by atoms with Crippen LogP contribution in [0.4, 0.5) is 14.5 Å². The number of rotatable bonds is 6. The van der Waals surface area contributed by atoms with Gasteiger partial charge in [-0.1, -0.05) is 6.07 Å². The van der Waals surface area contributed by atoms with Crippen LogP contribution >= 0.6 is 0 Å². The molecule has 0 aliphatic carbocycles. The Bertz CT molecular complexity index is 880. The molecule has 0 amide bonds. The molecule has 5 nitrogen and oxygen atoms in total. The van der Waals surface area contributed by atoms with Crippen LogP contribution in [-0.2, 0) is 10.0 Å². The third kappa shape index (κ3) is 5.03. The molecule has 0 unspecified atom stereocenters. The molecule has 2 aromatic carbocycles. The molecule has 146 valence electrons. The fraction of sp³-hybridized carbons (Fsp3) is 0.368. The second-order valence-corrected chi connectivity index (χ2v) is 8.35. The average molecular weight is 395 g/mol. The van der Waals surface area contributed by atoms with E-state index in [2.05, 4.69) is 14.5 Å². The Balaban J connectivity index is 1.49. The molecule has 1 aliphatic rings. The number of anilines is 1. The summed E-state index contributed by atoms with van der Waals surface area (Å²) >= 11 is 0. The smallest absolute Gasteiger partial charge is 0.240 e. The number of aryl methyl sites for hydroxylation is 1. The number of piperazine rings is 1. The average Bonchev–Trinajstić information content (AvgIpc) is 2.65. The van der Waals surface area contributed by atoms with Crippen LogP contribution in [0.2, 0.25) is 0 Å². The highest BCUT2D eigenvalue weighted by atomic mass is 32.2. The quantitative estimate of drug-likeness (QED) is 0.816. The summed E-state index contributed by atoms with van der Waals surface area (Å²) in [5.74, 6) is -0.823. The van der Waals surface area contributed by atoms with E-state index in [-0.39, 0.29) is 17.3 Å². The third-order valence-corrected chi connectivity index (χ3v) is 6.33. The fourth-order valence-electron chi connectivity index (χ4n) is 3.16. The zero-order valence-electron chi connectivity index (χ0n) is 15.2. The lowest BCUT2D eigenvalue weighted by Gasteiger charge is -2.36. The van der Waals surface area contributed by atoms with Crippen LogP contribution in [0.5, 0.6) is 0 Å². The molecule has 1 heterocycles. The van der Waals surface area contributed by atoms with Crippen LogP contribution < -0.4 is 9.62 Å². The standard InChI is InChI=1S/C19H23F2N3O2S/c1-15-2-3-17(21)14-19(15)27(25,26)22-8-9-23-10-12-24(13-11-23)18-6-4-16(20)5-7-18/h2-7,14,22H,8-13H2,1H3. The first-order valence-corrected chi connectivity index (χ1v) is 10.3. The Morgan fingerprint density at radius 2 is 1.59 bits per heavy atom. The van der Waals surface area contributed by atoms with E-state index >= 15 is 0 Å². The molecule has 0 spiro atoms. The van der Waals surface area contributed by atoms with E-state index in [0.717, 1.165) is 37.9 Å². The van der Waals surface area contributed by atoms with Crippen molar-refractivity contribution in [3.05, 3.63) is 59.7 Å². The van der Waals surface area contributed by atoms with Crippen molar-refractivity contribution in [2.45, 2.75) is 11.8 Å². The van der Waals surface area contributed by atoms with Gasteiger partial charge < -0.3 is 4.90 Å². The summed E-state index contributed by atoms with van der Waals surface area (Å²) in [4.78, 5) is 4.32. The minimum absolute atomic E-state index is 0.0244. The lowest BCUT2D eigenvalue weighted by Crippen LogP contribution is -2.48. The summed E-state index contributed by atoms with van der Waals surface area (Å²) in [6.07, 6.45) is 0. The molecule has 1 aliphatic heterocycles. The highest BCUT2D eigenvalue weighted by Crippen LogP contribution is 2.18. The first-order valence-electron chi connectivity index (χ1n) is 8.84. The Labute approximate surface area is 158 Å². The molecule has 0 aromatic heterocycles. The molecule has 1 fully saturated rings. The van der Waals surface area contributed by atoms with Gasteiger partial charge in [-0.2, -0.15) is 0 Å². The van der Waals surface area contributed by atoms with Crippen LogP contribution in [0.3, 0.4) is 0 Å². The maximum Gasteiger partial charge on any atom is 0.240 e. The molecule has 1 saturated heterocycles. The summed E-state index contributed by atoms with van der Waals surface area (Å²) in [6.45, 7) is 5.64. The number of hydrogen-bond donors (Lipinski definition) is 1. The van der Waals surface area contributed by atoms with Crippen molar-refractivity contribution >= 4 is 15.7 Å². The summed E-state index contributed by atoms with van der Waals surface area (Å²) in [5.41, 5.74) is 1.50. The van der Waals surface area contributed by atoms with Crippen LogP contribution in [-0.4, -0.2) is 52.6 Å². The van der Waals surface area contributed by atoms with Crippen molar-refractivity contribution in [2.24, 2.45) is 0 Å². The molecule has 3 rings (SSSR count). The van der Waals surface area contributed by atoms with Crippen LogP contribution in [0.15, 0.2) is 47.4 Å². The molecule has 0 radical (unpaired) electrons. The van der Waals surface area contributed by atoms with Crippen molar-refractivity contribution in [1.82, 2.24) is 9.62 Å². The van der Waals surface area contributed by atoms with Crippen molar-refractivity contribution in [3.8, 4) is 0 Å². The van der Waals surface area contributed by atoms with Crippen LogP contribution in [0, 0.1) is 18.6 Å². The van der Waals surface area contributed by atoms with E-state index in [0.29, 0.717) is 12.1 Å². The molecule has 1 N–H and O–H groups in total. The number of halogens is 2. The van der Waals surface area contributed by atoms with Crippen molar-refractivity contribution in [1.29, 1.82) is 0 Å². The molecule has 0 atom stereocenters. The van der Waals surface area contributed by atoms with E-state index in [1.807, 2.05) is 0 Å². The molecular formula is C19H23F2N3O2S. The van der Waals surface area contributed by atoms with Gasteiger partial charge in [-0.05, 0) is 48.9 Å². The first-order chi connectivity index (χ1) is 12.8. The largest absolute Gasteiger partial charge is 0.369 e. The fourth-order valence-corrected chi connectivity index (χ4v) is 4.44. The zero-order chi connectivity index (χ0) is 19.4. The van der Waals surface area contributed by atoms with Crippen LogP contribution in [0.1, 0.15) is 5.56 Å². The van der Waals surface area contributed by atoms with Gasteiger partial charge in [0, 0.05) is 45.0 Å². The summed E-state index contributed by atoms with van der Waals surface area (Å²) in [5, 5.41) is 0. The van der Waals surface area contributed by atoms with Gasteiger partial charge in [0.25, 0.3) is 0 Å². The molecule has 0 saturated carbocycles. The Morgan fingerprint density at radius 1 is 0.963 bits per heavy atom. The molecule has 0 bridgehead atoms. The minimum Gasteiger partial charge on any atom is -0.369 e. The van der Waals surface area contributed by atoms with Crippen molar-refractivity contribution < 1.29 is 17.2 Å². The van der Waals surface area contributed by atoms with Gasteiger partial charge in [-0.25, -0.2) is 21.9 Å². The van der Waals surface area contributed by atoms with Gasteiger partial charge in [-0.15, -0.1) is 0 Å². The van der Waals surface area contributed by atoms with E-state index < -0.39 is 15.8 Å². The number of benzene rings is 2. The monoisotopic (exact) mass is 395 g/mol. The number of hydrogen-bond acceptors (Lipinski definition) is 4. The molecule has 2 aromatic rings. The Morgan fingerprint density at radius 3 is 2.26 bits per heavy atom. The summed E-state index contributed by atoms with van der Waals surface area (Å²) < 4.78 is 53.7. The summed E-state index contributed by atoms with van der Waals surface area (Å²) in [7, 11) is -3.73. The van der Waals surface area contributed by atoms with Gasteiger partial charge in [0.15, 0.2) is 0 Å². The van der Waals surface area contributed by atoms with E-state index in [1.54, 1.807) is 19.1 Å². The van der Waals surface area contributed by atoms with Gasteiger partial charge in [0.05, 0.1) is 4.90 Å². The predicted octanol–water partition coefficient (Wildman–Crippen LogP) is 2.37. The second-order valence-electron chi connectivity index (χ2n) is 6.61. The van der Waals surface area contributed by atoms with E-state index in [4.69, 9.17) is 0 Å². The van der Waals surface area contributed by atoms with Gasteiger partial charge >= 0.3 is 0 Å². The first kappa shape index (κ1) is 19.7. The minimum atomic E-state index is -3.73. The number of nitrogens with zero attached hydrogens (tertiary/aromatic N) is 2. The maximum atomic E-state index is 13.4. The number of sulfonamides is 1. The zero-order valence-corrected chi connectivity index (χ0v) is 16.0.